The summed E-state index contributed by atoms with van der Waals surface area (Å²) < 4.78 is 29.2. The second-order valence-electron chi connectivity index (χ2n) is 7.70. The van der Waals surface area contributed by atoms with Crippen LogP contribution in [0.4, 0.5) is 0 Å². The Hall–Kier alpha value is -1.93. The SMILES string of the molecule is COc1ccccc1CCNCCCCC(=O)c1cc2c(c(S(N)(=O)=O)c1)CCC2.Cl. The summed E-state index contributed by atoms with van der Waals surface area (Å²) >= 11 is 0. The summed E-state index contributed by atoms with van der Waals surface area (Å²) in [4.78, 5) is 12.7. The number of nitrogens with two attached hydrogens (primary N) is 1. The predicted molar refractivity (Wildman–Crippen MR) is 125 cm³/mol. The van der Waals surface area contributed by atoms with E-state index in [4.69, 9.17) is 9.88 Å². The van der Waals surface area contributed by atoms with Gasteiger partial charge in [0.1, 0.15) is 5.75 Å². The van der Waals surface area contributed by atoms with Crippen molar-refractivity contribution in [3.8, 4) is 5.75 Å². The fraction of sp³-hybridized carbons (Fsp3) is 0.435. The molecule has 31 heavy (non-hydrogen) atoms. The minimum absolute atomic E-state index is 0. The minimum Gasteiger partial charge on any atom is -0.496 e. The van der Waals surface area contributed by atoms with Gasteiger partial charge in [-0.3, -0.25) is 4.79 Å². The molecule has 0 radical (unpaired) electrons. The number of nitrogens with one attached hydrogen (secondary N) is 1. The zero-order chi connectivity index (χ0) is 21.6. The maximum atomic E-state index is 12.6. The quantitative estimate of drug-likeness (QED) is 0.390. The Bertz CT molecular complexity index is 1010. The summed E-state index contributed by atoms with van der Waals surface area (Å²) in [6, 6.07) is 11.3. The highest BCUT2D eigenvalue weighted by molar-refractivity contribution is 7.89. The summed E-state index contributed by atoms with van der Waals surface area (Å²) in [6.45, 7) is 1.67. The lowest BCUT2D eigenvalue weighted by Gasteiger charge is -2.10. The Morgan fingerprint density at radius 3 is 2.65 bits per heavy atom. The van der Waals surface area contributed by atoms with Crippen molar-refractivity contribution in [3.63, 3.8) is 0 Å². The van der Waals surface area contributed by atoms with Crippen LogP contribution in [0.5, 0.6) is 5.75 Å². The first-order valence-corrected chi connectivity index (χ1v) is 12.0. The highest BCUT2D eigenvalue weighted by Crippen LogP contribution is 2.30. The second-order valence-corrected chi connectivity index (χ2v) is 9.23. The number of carbonyl (C=O) groups excluding carboxylic acids is 1. The van der Waals surface area contributed by atoms with Gasteiger partial charge in [-0.1, -0.05) is 18.2 Å². The molecule has 0 unspecified atom stereocenters. The number of hydrogen-bond acceptors (Lipinski definition) is 5. The molecule has 6 nitrogen and oxygen atoms in total. The molecule has 0 aromatic heterocycles. The number of primary sulfonamides is 1. The number of unbranched alkanes of at least 4 members (excludes halogenated alkanes) is 1. The zero-order valence-corrected chi connectivity index (χ0v) is 19.5. The van der Waals surface area contributed by atoms with Crippen molar-refractivity contribution in [2.75, 3.05) is 20.2 Å². The van der Waals surface area contributed by atoms with Crippen LogP contribution in [0.15, 0.2) is 41.3 Å². The fourth-order valence-electron chi connectivity index (χ4n) is 4.02. The molecule has 0 saturated carbocycles. The number of Topliss-reactive ketones (excluding diaryl/α,β-unsaturated/α-hetero) is 1. The van der Waals surface area contributed by atoms with Gasteiger partial charge in [0.15, 0.2) is 5.78 Å². The lowest BCUT2D eigenvalue weighted by Crippen LogP contribution is -2.19. The van der Waals surface area contributed by atoms with E-state index in [0.29, 0.717) is 18.4 Å². The molecule has 0 atom stereocenters. The maximum Gasteiger partial charge on any atom is 0.238 e. The molecular formula is C23H31ClN2O4S. The number of para-hydroxylation sites is 1. The van der Waals surface area contributed by atoms with E-state index < -0.39 is 10.0 Å². The predicted octanol–water partition coefficient (Wildman–Crippen LogP) is 3.44. The number of ether oxygens (including phenoxy) is 1. The summed E-state index contributed by atoms with van der Waals surface area (Å²) in [5, 5.41) is 8.77. The second kappa shape index (κ2) is 11.6. The van der Waals surface area contributed by atoms with Gasteiger partial charge in [-0.2, -0.15) is 0 Å². The number of methoxy groups -OCH3 is 1. The highest BCUT2D eigenvalue weighted by atomic mass is 35.5. The smallest absolute Gasteiger partial charge is 0.238 e. The molecule has 0 fully saturated rings. The van der Waals surface area contributed by atoms with Gasteiger partial charge in [-0.25, -0.2) is 13.6 Å². The van der Waals surface area contributed by atoms with Gasteiger partial charge in [0.2, 0.25) is 10.0 Å². The first-order chi connectivity index (χ1) is 14.4. The molecule has 170 valence electrons. The van der Waals surface area contributed by atoms with Crippen LogP contribution in [0.25, 0.3) is 0 Å². The number of ketones is 1. The first kappa shape index (κ1) is 25.3. The maximum absolute atomic E-state index is 12.6. The van der Waals surface area contributed by atoms with Gasteiger partial charge in [-0.15, -0.1) is 12.4 Å². The molecule has 2 aromatic rings. The average Bonchev–Trinajstić information content (AvgIpc) is 3.20. The molecule has 3 N–H and O–H groups in total. The van der Waals surface area contributed by atoms with E-state index in [0.717, 1.165) is 62.1 Å². The van der Waals surface area contributed by atoms with E-state index >= 15 is 0 Å². The minimum atomic E-state index is -3.82. The molecule has 1 aliphatic rings. The largest absolute Gasteiger partial charge is 0.496 e. The normalized spacial score (nSPS) is 12.8. The van der Waals surface area contributed by atoms with Gasteiger partial charge < -0.3 is 10.1 Å². The Labute approximate surface area is 191 Å². The average molecular weight is 467 g/mol. The molecule has 0 spiro atoms. The highest BCUT2D eigenvalue weighted by Gasteiger charge is 2.23. The van der Waals surface area contributed by atoms with Gasteiger partial charge in [0.25, 0.3) is 0 Å². The van der Waals surface area contributed by atoms with Gasteiger partial charge in [0, 0.05) is 12.0 Å². The Balaban J connectivity index is 0.00000341. The first-order valence-electron chi connectivity index (χ1n) is 10.4. The van der Waals surface area contributed by atoms with Crippen LogP contribution in [-0.4, -0.2) is 34.4 Å². The van der Waals surface area contributed by atoms with Gasteiger partial charge in [0.05, 0.1) is 12.0 Å². The van der Waals surface area contributed by atoms with Crippen LogP contribution in [-0.2, 0) is 29.3 Å². The lowest BCUT2D eigenvalue weighted by molar-refractivity contribution is 0.0979. The van der Waals surface area contributed by atoms with E-state index in [1.165, 1.54) is 11.6 Å². The summed E-state index contributed by atoms with van der Waals surface area (Å²) in [5.41, 5.74) is 3.37. The third kappa shape index (κ3) is 6.77. The van der Waals surface area contributed by atoms with Crippen LogP contribution in [0.1, 0.15) is 52.7 Å². The number of benzene rings is 2. The molecule has 0 heterocycles. The molecule has 2 aromatic carbocycles. The van der Waals surface area contributed by atoms with Crippen LogP contribution < -0.4 is 15.2 Å². The van der Waals surface area contributed by atoms with Gasteiger partial charge >= 0.3 is 0 Å². The van der Waals surface area contributed by atoms with Crippen molar-refractivity contribution in [1.29, 1.82) is 0 Å². The van der Waals surface area contributed by atoms with Crippen LogP contribution in [0.3, 0.4) is 0 Å². The number of fused-ring (bicyclic) bond motifs is 1. The lowest BCUT2D eigenvalue weighted by atomic mass is 10.0. The van der Waals surface area contributed by atoms with Crippen LogP contribution in [0.2, 0.25) is 0 Å². The number of sulfonamides is 1. The van der Waals surface area contributed by atoms with Crippen LogP contribution in [0, 0.1) is 0 Å². The van der Waals surface area contributed by atoms with Crippen molar-refractivity contribution >= 4 is 28.2 Å². The van der Waals surface area contributed by atoms with E-state index in [2.05, 4.69) is 11.4 Å². The zero-order valence-electron chi connectivity index (χ0n) is 17.9. The van der Waals surface area contributed by atoms with E-state index in [1.807, 2.05) is 24.3 Å². The molecule has 0 amide bonds. The summed E-state index contributed by atoms with van der Waals surface area (Å²) in [7, 11) is -2.14. The molecule has 1 aliphatic carbocycles. The molecule has 8 heteroatoms. The fourth-order valence-corrected chi connectivity index (χ4v) is 4.89. The van der Waals surface area contributed by atoms with Crippen molar-refractivity contribution in [2.24, 2.45) is 5.14 Å². The van der Waals surface area contributed by atoms with Gasteiger partial charge in [-0.05, 0) is 86.5 Å². The van der Waals surface area contributed by atoms with E-state index in [9.17, 15) is 13.2 Å². The molecular weight excluding hydrogens is 436 g/mol. The molecule has 0 saturated heterocycles. The van der Waals surface area contributed by atoms with E-state index in [1.54, 1.807) is 7.11 Å². The monoisotopic (exact) mass is 466 g/mol. The van der Waals surface area contributed by atoms with Crippen molar-refractivity contribution < 1.29 is 17.9 Å². The Morgan fingerprint density at radius 1 is 1.13 bits per heavy atom. The molecule has 3 rings (SSSR count). The van der Waals surface area contributed by atoms with Crippen LogP contribution >= 0.6 is 12.4 Å². The third-order valence-electron chi connectivity index (χ3n) is 5.57. The number of halogens is 1. The number of hydrogen-bond donors (Lipinski definition) is 2. The topological polar surface area (TPSA) is 98.5 Å². The third-order valence-corrected chi connectivity index (χ3v) is 6.55. The standard InChI is InChI=1S/C23H30N2O4S.ClH/c1-29-22-11-3-2-7-17(22)12-14-25-13-5-4-10-21(26)19-15-18-8-6-9-20(18)23(16-19)30(24,27)28;/h2-3,7,11,15-16,25H,4-6,8-10,12-14H2,1H3,(H2,24,27,28);1H. The number of carbonyl (C=O) groups is 1. The molecule has 0 bridgehead atoms. The summed E-state index contributed by atoms with van der Waals surface area (Å²) in [5.74, 6) is 0.877. The number of aryl methyl sites for hydroxylation is 1. The van der Waals surface area contributed by atoms with E-state index in [-0.39, 0.29) is 23.1 Å². The Morgan fingerprint density at radius 2 is 1.90 bits per heavy atom. The van der Waals surface area contributed by atoms with Crippen molar-refractivity contribution in [2.45, 2.75) is 49.8 Å². The number of rotatable bonds is 11. The van der Waals surface area contributed by atoms with Crippen molar-refractivity contribution in [3.05, 3.63) is 58.7 Å². The molecule has 0 aliphatic heterocycles. The Kier molecular flexibility index (Phi) is 9.50. The summed E-state index contributed by atoms with van der Waals surface area (Å²) in [6.07, 6.45) is 5.32. The van der Waals surface area contributed by atoms with Crippen molar-refractivity contribution in [1.82, 2.24) is 5.32 Å².